The van der Waals surface area contributed by atoms with Gasteiger partial charge in [0.05, 0.1) is 12.0 Å². The molecule has 28 heavy (non-hydrogen) atoms. The summed E-state index contributed by atoms with van der Waals surface area (Å²) in [5.41, 5.74) is 3.74. The van der Waals surface area contributed by atoms with Gasteiger partial charge in [-0.15, -0.1) is 0 Å². The maximum atomic E-state index is 13.0. The summed E-state index contributed by atoms with van der Waals surface area (Å²) >= 11 is 0. The number of rotatable bonds is 4. The van der Waals surface area contributed by atoms with Gasteiger partial charge >= 0.3 is 0 Å². The first-order valence-corrected chi connectivity index (χ1v) is 8.99. The fraction of sp³-hybridized carbons (Fsp3) is 0.136. The lowest BCUT2D eigenvalue weighted by atomic mass is 10.1. The van der Waals surface area contributed by atoms with Crippen molar-refractivity contribution in [2.45, 2.75) is 12.8 Å². The Morgan fingerprint density at radius 3 is 2.68 bits per heavy atom. The molecule has 0 saturated heterocycles. The quantitative estimate of drug-likeness (QED) is 0.758. The average Bonchev–Trinajstić information content (AvgIpc) is 3.13. The number of halogens is 1. The highest BCUT2D eigenvalue weighted by Gasteiger charge is 2.26. The van der Waals surface area contributed by atoms with E-state index < -0.39 is 0 Å². The Bertz CT molecular complexity index is 1020. The molecule has 4 rings (SSSR count). The number of pyridine rings is 1. The molecule has 1 aromatic heterocycles. The molecule has 0 atom stereocenters. The molecule has 2 aromatic carbocycles. The van der Waals surface area contributed by atoms with Crippen LogP contribution < -0.4 is 10.2 Å². The molecule has 2 heterocycles. The van der Waals surface area contributed by atoms with E-state index in [0.717, 1.165) is 23.2 Å². The smallest absolute Gasteiger partial charge is 0.259 e. The normalized spacial score (nSPS) is 12.5. The number of hydrogen-bond donors (Lipinski definition) is 1. The Hall–Kier alpha value is -3.54. The summed E-state index contributed by atoms with van der Waals surface area (Å²) in [4.78, 5) is 30.8. The van der Waals surface area contributed by atoms with E-state index >= 15 is 0 Å². The number of benzene rings is 2. The third kappa shape index (κ3) is 3.76. The highest BCUT2D eigenvalue weighted by Crippen LogP contribution is 2.32. The van der Waals surface area contributed by atoms with Crippen molar-refractivity contribution in [3.8, 4) is 0 Å². The highest BCUT2D eigenvalue weighted by molar-refractivity contribution is 6.07. The van der Waals surface area contributed by atoms with Crippen LogP contribution in [0.3, 0.4) is 0 Å². The van der Waals surface area contributed by atoms with Gasteiger partial charge in [0.25, 0.3) is 5.91 Å². The van der Waals surface area contributed by atoms with Crippen molar-refractivity contribution < 1.29 is 14.0 Å². The molecule has 6 heteroatoms. The first-order valence-electron chi connectivity index (χ1n) is 8.99. The van der Waals surface area contributed by atoms with E-state index in [1.54, 1.807) is 41.6 Å². The van der Waals surface area contributed by atoms with Crippen LogP contribution in [0.4, 0.5) is 15.8 Å². The molecule has 0 saturated carbocycles. The second-order valence-electron chi connectivity index (χ2n) is 6.64. The van der Waals surface area contributed by atoms with E-state index in [-0.39, 0.29) is 24.1 Å². The lowest BCUT2D eigenvalue weighted by Crippen LogP contribution is -2.29. The molecule has 0 aliphatic carbocycles. The maximum absolute atomic E-state index is 13.0. The van der Waals surface area contributed by atoms with Gasteiger partial charge in [-0.25, -0.2) is 4.39 Å². The zero-order valence-electron chi connectivity index (χ0n) is 15.1. The third-order valence-corrected chi connectivity index (χ3v) is 4.70. The first-order chi connectivity index (χ1) is 13.6. The summed E-state index contributed by atoms with van der Waals surface area (Å²) < 4.78 is 13.0. The van der Waals surface area contributed by atoms with Gasteiger partial charge in [0.15, 0.2) is 0 Å². The summed E-state index contributed by atoms with van der Waals surface area (Å²) in [7, 11) is 0. The van der Waals surface area contributed by atoms with E-state index in [9.17, 15) is 14.0 Å². The largest absolute Gasteiger partial charge is 0.326 e. The fourth-order valence-corrected chi connectivity index (χ4v) is 3.31. The number of amides is 2. The van der Waals surface area contributed by atoms with E-state index in [1.807, 2.05) is 18.2 Å². The summed E-state index contributed by atoms with van der Waals surface area (Å²) in [5.74, 6) is -0.641. The van der Waals surface area contributed by atoms with Gasteiger partial charge in [-0.05, 0) is 53.9 Å². The predicted octanol–water partition coefficient (Wildman–Crippen LogP) is 3.60. The molecule has 0 radical (unpaired) electrons. The number of aromatic nitrogens is 1. The van der Waals surface area contributed by atoms with Crippen LogP contribution in [0.15, 0.2) is 67.0 Å². The molecule has 0 bridgehead atoms. The standard InChI is InChI=1S/C22H18FN3O2/c23-18-6-3-15(4-7-18)12-21(27)25-19-8-5-16-9-11-26(20(16)13-19)22(28)17-2-1-10-24-14-17/h1-8,10,13-14H,9,11-12H2,(H,25,27). The van der Waals surface area contributed by atoms with E-state index in [4.69, 9.17) is 0 Å². The number of fused-ring (bicyclic) bond motifs is 1. The van der Waals surface area contributed by atoms with Crippen molar-refractivity contribution in [2.75, 3.05) is 16.8 Å². The highest BCUT2D eigenvalue weighted by atomic mass is 19.1. The third-order valence-electron chi connectivity index (χ3n) is 4.70. The molecule has 3 aromatic rings. The van der Waals surface area contributed by atoms with Gasteiger partial charge < -0.3 is 10.2 Å². The number of carbonyl (C=O) groups excluding carboxylic acids is 2. The SMILES string of the molecule is O=C(Cc1ccc(F)cc1)Nc1ccc2c(c1)N(C(=O)c1cccnc1)CC2. The Labute approximate surface area is 161 Å². The van der Waals surface area contributed by atoms with Crippen molar-refractivity contribution in [2.24, 2.45) is 0 Å². The minimum atomic E-state index is -0.332. The first kappa shape index (κ1) is 17.9. The van der Waals surface area contributed by atoms with Crippen LogP contribution in [-0.2, 0) is 17.6 Å². The molecule has 5 nitrogen and oxygen atoms in total. The minimum absolute atomic E-state index is 0.110. The van der Waals surface area contributed by atoms with Crippen molar-refractivity contribution >= 4 is 23.2 Å². The Kier molecular flexibility index (Phi) is 4.85. The summed E-state index contributed by atoms with van der Waals surface area (Å²) in [6.45, 7) is 0.593. The second-order valence-corrected chi connectivity index (χ2v) is 6.64. The Balaban J connectivity index is 1.49. The average molecular weight is 375 g/mol. The summed E-state index contributed by atoms with van der Waals surface area (Å²) in [6.07, 6.45) is 4.10. The summed E-state index contributed by atoms with van der Waals surface area (Å²) in [5, 5.41) is 2.85. The monoisotopic (exact) mass is 375 g/mol. The molecule has 1 aliphatic heterocycles. The zero-order chi connectivity index (χ0) is 19.5. The molecule has 1 aliphatic rings. The van der Waals surface area contributed by atoms with Crippen LogP contribution in [0, 0.1) is 5.82 Å². The van der Waals surface area contributed by atoms with Crippen LogP contribution in [0.1, 0.15) is 21.5 Å². The van der Waals surface area contributed by atoms with Crippen LogP contribution in [-0.4, -0.2) is 23.3 Å². The van der Waals surface area contributed by atoms with Gasteiger partial charge in [0.2, 0.25) is 5.91 Å². The van der Waals surface area contributed by atoms with E-state index in [0.29, 0.717) is 17.8 Å². The van der Waals surface area contributed by atoms with Crippen molar-refractivity contribution in [1.82, 2.24) is 4.98 Å². The number of anilines is 2. The molecule has 1 N–H and O–H groups in total. The lowest BCUT2D eigenvalue weighted by molar-refractivity contribution is -0.115. The number of nitrogens with zero attached hydrogens (tertiary/aromatic N) is 2. The zero-order valence-corrected chi connectivity index (χ0v) is 15.1. The number of nitrogens with one attached hydrogen (secondary N) is 1. The van der Waals surface area contributed by atoms with Gasteiger partial charge in [-0.3, -0.25) is 14.6 Å². The van der Waals surface area contributed by atoms with Crippen molar-refractivity contribution in [3.05, 3.63) is 89.5 Å². The minimum Gasteiger partial charge on any atom is -0.326 e. The molecular formula is C22H18FN3O2. The van der Waals surface area contributed by atoms with E-state index in [2.05, 4.69) is 10.3 Å². The second kappa shape index (κ2) is 7.60. The number of carbonyl (C=O) groups is 2. The van der Waals surface area contributed by atoms with Gasteiger partial charge in [0, 0.05) is 30.3 Å². The molecular weight excluding hydrogens is 357 g/mol. The van der Waals surface area contributed by atoms with Crippen LogP contribution in [0.2, 0.25) is 0 Å². The maximum Gasteiger partial charge on any atom is 0.259 e. The lowest BCUT2D eigenvalue weighted by Gasteiger charge is -2.18. The van der Waals surface area contributed by atoms with Crippen LogP contribution in [0.5, 0.6) is 0 Å². The molecule has 0 fully saturated rings. The Morgan fingerprint density at radius 2 is 1.93 bits per heavy atom. The molecule has 2 amide bonds. The van der Waals surface area contributed by atoms with Crippen LogP contribution >= 0.6 is 0 Å². The topological polar surface area (TPSA) is 62.3 Å². The number of hydrogen-bond acceptors (Lipinski definition) is 3. The van der Waals surface area contributed by atoms with Gasteiger partial charge in [-0.1, -0.05) is 18.2 Å². The van der Waals surface area contributed by atoms with Gasteiger partial charge in [-0.2, -0.15) is 0 Å². The predicted molar refractivity (Wildman–Crippen MR) is 105 cm³/mol. The van der Waals surface area contributed by atoms with Crippen molar-refractivity contribution in [1.29, 1.82) is 0 Å². The van der Waals surface area contributed by atoms with Gasteiger partial charge in [0.1, 0.15) is 5.82 Å². The summed E-state index contributed by atoms with van der Waals surface area (Å²) in [6, 6.07) is 14.9. The molecule has 0 unspecified atom stereocenters. The van der Waals surface area contributed by atoms with Crippen molar-refractivity contribution in [3.63, 3.8) is 0 Å². The fourth-order valence-electron chi connectivity index (χ4n) is 3.31. The van der Waals surface area contributed by atoms with E-state index in [1.165, 1.54) is 12.1 Å². The Morgan fingerprint density at radius 1 is 1.11 bits per heavy atom. The molecule has 140 valence electrons. The molecule has 0 spiro atoms. The van der Waals surface area contributed by atoms with Crippen LogP contribution in [0.25, 0.3) is 0 Å².